The molecular weight excluding hydrogens is 295 g/mol. The third kappa shape index (κ3) is 3.39. The van der Waals surface area contributed by atoms with Crippen molar-refractivity contribution in [3.8, 4) is 17.2 Å². The van der Waals surface area contributed by atoms with Gasteiger partial charge in [0.05, 0.1) is 12.8 Å². The van der Waals surface area contributed by atoms with E-state index in [1.54, 1.807) is 12.1 Å². The first kappa shape index (κ1) is 16.0. The highest BCUT2D eigenvalue weighted by atomic mass is 19.1. The maximum Gasteiger partial charge on any atom is 0.226 e. The zero-order chi connectivity index (χ0) is 16.4. The summed E-state index contributed by atoms with van der Waals surface area (Å²) in [4.78, 5) is 7.08. The van der Waals surface area contributed by atoms with Crippen LogP contribution in [0.1, 0.15) is 37.6 Å². The third-order valence-electron chi connectivity index (χ3n) is 4.58. The van der Waals surface area contributed by atoms with Crippen LogP contribution in [0.25, 0.3) is 11.5 Å². The van der Waals surface area contributed by atoms with E-state index < -0.39 is 0 Å². The van der Waals surface area contributed by atoms with Gasteiger partial charge in [0.25, 0.3) is 0 Å². The number of halogens is 1. The molecule has 1 aliphatic rings. The fourth-order valence-electron chi connectivity index (χ4n) is 3.08. The van der Waals surface area contributed by atoms with Gasteiger partial charge in [0.1, 0.15) is 5.76 Å². The Morgan fingerprint density at radius 3 is 2.96 bits per heavy atom. The Morgan fingerprint density at radius 1 is 1.39 bits per heavy atom. The second-order valence-electron chi connectivity index (χ2n) is 6.19. The predicted octanol–water partition coefficient (Wildman–Crippen LogP) is 4.17. The standard InChI is InChI=1S/C18H23FN2O2/c1-12-6-4-5-9-21(12)11-16-13(2)23-18(20-16)14-7-8-15(19)17(10-14)22-3/h7-8,10,12H,4-6,9,11H2,1-3H3. The van der Waals surface area contributed by atoms with Gasteiger partial charge in [0.15, 0.2) is 11.6 Å². The monoisotopic (exact) mass is 318 g/mol. The minimum absolute atomic E-state index is 0.199. The maximum atomic E-state index is 13.5. The lowest BCUT2D eigenvalue weighted by Gasteiger charge is -2.32. The molecule has 2 heterocycles. The van der Waals surface area contributed by atoms with Crippen molar-refractivity contribution < 1.29 is 13.5 Å². The Balaban J connectivity index is 1.83. The van der Waals surface area contributed by atoms with Gasteiger partial charge in [-0.15, -0.1) is 0 Å². The van der Waals surface area contributed by atoms with E-state index in [-0.39, 0.29) is 11.6 Å². The van der Waals surface area contributed by atoms with Crippen LogP contribution in [0.4, 0.5) is 4.39 Å². The Labute approximate surface area is 136 Å². The Hall–Kier alpha value is -1.88. The van der Waals surface area contributed by atoms with Crippen LogP contribution < -0.4 is 4.74 Å². The van der Waals surface area contributed by atoms with Crippen molar-refractivity contribution in [1.29, 1.82) is 0 Å². The highest BCUT2D eigenvalue weighted by molar-refractivity contribution is 5.56. The molecule has 1 aromatic carbocycles. The van der Waals surface area contributed by atoms with Crippen molar-refractivity contribution in [3.05, 3.63) is 35.5 Å². The Kier molecular flexibility index (Phi) is 4.66. The number of piperidine rings is 1. The van der Waals surface area contributed by atoms with E-state index in [9.17, 15) is 4.39 Å². The zero-order valence-corrected chi connectivity index (χ0v) is 13.9. The number of likely N-dealkylation sites (tertiary alicyclic amines) is 1. The molecule has 5 heteroatoms. The summed E-state index contributed by atoms with van der Waals surface area (Å²) in [6.07, 6.45) is 3.78. The maximum absolute atomic E-state index is 13.5. The molecule has 0 N–H and O–H groups in total. The SMILES string of the molecule is COc1cc(-c2nc(CN3CCCCC3C)c(C)o2)ccc1F. The summed E-state index contributed by atoms with van der Waals surface area (Å²) < 4.78 is 24.4. The lowest BCUT2D eigenvalue weighted by Crippen LogP contribution is -2.37. The third-order valence-corrected chi connectivity index (χ3v) is 4.58. The second kappa shape index (κ2) is 6.71. The summed E-state index contributed by atoms with van der Waals surface area (Å²) in [6, 6.07) is 5.24. The van der Waals surface area contributed by atoms with Crippen LogP contribution in [0, 0.1) is 12.7 Å². The number of ether oxygens (including phenoxy) is 1. The number of methoxy groups -OCH3 is 1. The van der Waals surface area contributed by atoms with Crippen LogP contribution >= 0.6 is 0 Å². The molecule has 4 nitrogen and oxygen atoms in total. The molecule has 124 valence electrons. The number of hydrogen-bond donors (Lipinski definition) is 0. The number of nitrogens with zero attached hydrogens (tertiary/aromatic N) is 2. The summed E-state index contributed by atoms with van der Waals surface area (Å²) in [5.41, 5.74) is 1.68. The minimum atomic E-state index is -0.387. The first-order valence-corrected chi connectivity index (χ1v) is 8.12. The van der Waals surface area contributed by atoms with Gasteiger partial charge in [-0.2, -0.15) is 0 Å². The Bertz CT molecular complexity index is 684. The van der Waals surface area contributed by atoms with E-state index in [0.717, 1.165) is 30.1 Å². The van der Waals surface area contributed by atoms with Gasteiger partial charge < -0.3 is 9.15 Å². The quantitative estimate of drug-likeness (QED) is 0.848. The lowest BCUT2D eigenvalue weighted by molar-refractivity contribution is 0.150. The molecule has 23 heavy (non-hydrogen) atoms. The van der Waals surface area contributed by atoms with Crippen molar-refractivity contribution in [2.75, 3.05) is 13.7 Å². The summed E-state index contributed by atoms with van der Waals surface area (Å²) >= 11 is 0. The van der Waals surface area contributed by atoms with Crippen LogP contribution in [0.5, 0.6) is 5.75 Å². The van der Waals surface area contributed by atoms with Gasteiger partial charge in [0, 0.05) is 18.2 Å². The van der Waals surface area contributed by atoms with E-state index >= 15 is 0 Å². The van der Waals surface area contributed by atoms with Crippen LogP contribution in [0.3, 0.4) is 0 Å². The molecule has 0 radical (unpaired) electrons. The van der Waals surface area contributed by atoms with Gasteiger partial charge in [-0.05, 0) is 51.4 Å². The lowest BCUT2D eigenvalue weighted by atomic mass is 10.0. The first-order chi connectivity index (χ1) is 11.1. The number of hydrogen-bond acceptors (Lipinski definition) is 4. The number of aryl methyl sites for hydroxylation is 1. The van der Waals surface area contributed by atoms with E-state index in [0.29, 0.717) is 11.9 Å². The smallest absolute Gasteiger partial charge is 0.226 e. The number of aromatic nitrogens is 1. The van der Waals surface area contributed by atoms with Crippen LogP contribution in [-0.2, 0) is 6.54 Å². The molecule has 2 aromatic rings. The molecular formula is C18H23FN2O2. The molecule has 1 atom stereocenters. The van der Waals surface area contributed by atoms with Crippen molar-refractivity contribution in [1.82, 2.24) is 9.88 Å². The first-order valence-electron chi connectivity index (χ1n) is 8.12. The van der Waals surface area contributed by atoms with Crippen molar-refractivity contribution in [2.24, 2.45) is 0 Å². The van der Waals surface area contributed by atoms with Crippen molar-refractivity contribution in [3.63, 3.8) is 0 Å². The second-order valence-corrected chi connectivity index (χ2v) is 6.19. The van der Waals surface area contributed by atoms with E-state index in [1.807, 2.05) is 6.92 Å². The van der Waals surface area contributed by atoms with E-state index in [1.165, 1.54) is 32.4 Å². The zero-order valence-electron chi connectivity index (χ0n) is 13.9. The fraction of sp³-hybridized carbons (Fsp3) is 0.500. The fourth-order valence-corrected chi connectivity index (χ4v) is 3.08. The summed E-state index contributed by atoms with van der Waals surface area (Å²) in [6.45, 7) is 6.10. The predicted molar refractivity (Wildman–Crippen MR) is 86.9 cm³/mol. The number of oxazole rings is 1. The topological polar surface area (TPSA) is 38.5 Å². The molecule has 0 saturated carbocycles. The number of rotatable bonds is 4. The molecule has 1 aromatic heterocycles. The van der Waals surface area contributed by atoms with E-state index in [2.05, 4.69) is 16.8 Å². The van der Waals surface area contributed by atoms with Gasteiger partial charge in [-0.1, -0.05) is 6.42 Å². The van der Waals surface area contributed by atoms with Crippen molar-refractivity contribution >= 4 is 0 Å². The summed E-state index contributed by atoms with van der Waals surface area (Å²) in [5.74, 6) is 1.15. The van der Waals surface area contributed by atoms with Crippen LogP contribution in [0.2, 0.25) is 0 Å². The molecule has 1 fully saturated rings. The average Bonchev–Trinajstić information content (AvgIpc) is 2.91. The van der Waals surface area contributed by atoms with E-state index in [4.69, 9.17) is 9.15 Å². The molecule has 0 aliphatic carbocycles. The van der Waals surface area contributed by atoms with Gasteiger partial charge in [0.2, 0.25) is 5.89 Å². The highest BCUT2D eigenvalue weighted by Gasteiger charge is 2.21. The Morgan fingerprint density at radius 2 is 2.22 bits per heavy atom. The molecule has 0 spiro atoms. The van der Waals surface area contributed by atoms with Gasteiger partial charge >= 0.3 is 0 Å². The summed E-state index contributed by atoms with van der Waals surface area (Å²) in [5, 5.41) is 0. The molecule has 0 amide bonds. The number of benzene rings is 1. The van der Waals surface area contributed by atoms with Crippen molar-refractivity contribution in [2.45, 2.75) is 45.7 Å². The normalized spacial score (nSPS) is 19.0. The van der Waals surface area contributed by atoms with Gasteiger partial charge in [-0.3, -0.25) is 4.90 Å². The van der Waals surface area contributed by atoms with Crippen LogP contribution in [0.15, 0.2) is 22.6 Å². The largest absolute Gasteiger partial charge is 0.494 e. The molecule has 1 saturated heterocycles. The van der Waals surface area contributed by atoms with Crippen LogP contribution in [-0.4, -0.2) is 29.6 Å². The molecule has 1 unspecified atom stereocenters. The summed E-state index contributed by atoms with van der Waals surface area (Å²) in [7, 11) is 1.45. The molecule has 0 bridgehead atoms. The minimum Gasteiger partial charge on any atom is -0.494 e. The van der Waals surface area contributed by atoms with Gasteiger partial charge in [-0.25, -0.2) is 9.37 Å². The molecule has 3 rings (SSSR count). The molecule has 1 aliphatic heterocycles. The highest BCUT2D eigenvalue weighted by Crippen LogP contribution is 2.28. The average molecular weight is 318 g/mol.